The van der Waals surface area contributed by atoms with Crippen LogP contribution in [0.15, 0.2) is 63.7 Å². The van der Waals surface area contributed by atoms with Crippen LogP contribution in [0.5, 0.6) is 0 Å². The third-order valence-corrected chi connectivity index (χ3v) is 5.32. The van der Waals surface area contributed by atoms with Crippen molar-refractivity contribution in [3.05, 3.63) is 60.2 Å². The van der Waals surface area contributed by atoms with Crippen LogP contribution in [0.25, 0.3) is 21.5 Å². The number of aromatic nitrogens is 3. The van der Waals surface area contributed by atoms with Gasteiger partial charge in [-0.25, -0.2) is 15.0 Å². The Morgan fingerprint density at radius 3 is 2.92 bits per heavy atom. The molecule has 0 bridgehead atoms. The van der Waals surface area contributed by atoms with E-state index >= 15 is 0 Å². The van der Waals surface area contributed by atoms with E-state index in [9.17, 15) is 4.79 Å². The third kappa shape index (κ3) is 3.76. The lowest BCUT2D eigenvalue weighted by atomic mass is 10.2. The molecule has 0 spiro atoms. The van der Waals surface area contributed by atoms with Gasteiger partial charge in [0.1, 0.15) is 16.2 Å². The van der Waals surface area contributed by atoms with Crippen LogP contribution in [-0.2, 0) is 16.1 Å². The highest BCUT2D eigenvalue weighted by molar-refractivity contribution is 8.00. The maximum Gasteiger partial charge on any atom is 0.316 e. The van der Waals surface area contributed by atoms with Crippen LogP contribution in [0.4, 0.5) is 0 Å². The predicted molar refractivity (Wildman–Crippen MR) is 99.9 cm³/mol. The smallest absolute Gasteiger partial charge is 0.316 e. The molecule has 8 heteroatoms. The van der Waals surface area contributed by atoms with Crippen molar-refractivity contribution < 1.29 is 13.9 Å². The van der Waals surface area contributed by atoms with Gasteiger partial charge in [0.15, 0.2) is 12.4 Å². The molecule has 0 aliphatic rings. The summed E-state index contributed by atoms with van der Waals surface area (Å²) in [5.41, 5.74) is 0.927. The summed E-state index contributed by atoms with van der Waals surface area (Å²) in [4.78, 5) is 25.5. The summed E-state index contributed by atoms with van der Waals surface area (Å²) in [6.45, 7) is 0.00383. The van der Waals surface area contributed by atoms with E-state index < -0.39 is 0 Å². The van der Waals surface area contributed by atoms with E-state index in [1.54, 1.807) is 17.5 Å². The van der Waals surface area contributed by atoms with Gasteiger partial charge in [-0.15, -0.1) is 11.3 Å². The summed E-state index contributed by atoms with van der Waals surface area (Å²) >= 11 is 2.87. The number of hydrogen-bond acceptors (Lipinski definition) is 8. The molecular formula is C18H13N3O3S2. The topological polar surface area (TPSA) is 78.1 Å². The molecule has 0 saturated carbocycles. The summed E-state index contributed by atoms with van der Waals surface area (Å²) in [7, 11) is 0. The minimum absolute atomic E-state index is 0.00383. The first-order valence-electron chi connectivity index (χ1n) is 7.76. The molecule has 4 aromatic rings. The van der Waals surface area contributed by atoms with E-state index in [0.29, 0.717) is 11.7 Å². The van der Waals surface area contributed by atoms with Gasteiger partial charge >= 0.3 is 5.97 Å². The van der Waals surface area contributed by atoms with Crippen molar-refractivity contribution >= 4 is 39.3 Å². The Hall–Kier alpha value is -2.71. The van der Waals surface area contributed by atoms with Gasteiger partial charge in [-0.1, -0.05) is 42.1 Å². The molecular weight excluding hydrogens is 370 g/mol. The molecule has 26 heavy (non-hydrogen) atoms. The molecule has 0 unspecified atom stereocenters. The number of benzene rings is 1. The van der Waals surface area contributed by atoms with Crippen molar-refractivity contribution in [3.63, 3.8) is 0 Å². The van der Waals surface area contributed by atoms with Crippen LogP contribution in [0.2, 0.25) is 0 Å². The van der Waals surface area contributed by atoms with Crippen LogP contribution in [0.3, 0.4) is 0 Å². The SMILES string of the molecule is O=C(CSc1ncnc2sccc12)OCc1ncc(-c2ccccc2)o1. The first-order chi connectivity index (χ1) is 12.8. The van der Waals surface area contributed by atoms with Crippen LogP contribution >= 0.6 is 23.1 Å². The molecule has 0 aliphatic heterocycles. The highest BCUT2D eigenvalue weighted by Gasteiger charge is 2.12. The Morgan fingerprint density at radius 1 is 1.15 bits per heavy atom. The Bertz CT molecular complexity index is 1030. The third-order valence-electron chi connectivity index (χ3n) is 3.52. The van der Waals surface area contributed by atoms with Crippen LogP contribution in [0, 0.1) is 0 Å². The van der Waals surface area contributed by atoms with Crippen LogP contribution in [-0.4, -0.2) is 26.7 Å². The fourth-order valence-corrected chi connectivity index (χ4v) is 3.88. The van der Waals surface area contributed by atoms with E-state index in [0.717, 1.165) is 20.8 Å². The van der Waals surface area contributed by atoms with Crippen molar-refractivity contribution in [3.8, 4) is 11.3 Å². The molecule has 0 saturated heterocycles. The highest BCUT2D eigenvalue weighted by atomic mass is 32.2. The normalized spacial score (nSPS) is 10.9. The number of hydrogen-bond donors (Lipinski definition) is 0. The summed E-state index contributed by atoms with van der Waals surface area (Å²) in [5.74, 6) is 0.821. The number of nitrogens with zero attached hydrogens (tertiary/aromatic N) is 3. The maximum atomic E-state index is 12.0. The number of thiophene rings is 1. The summed E-state index contributed by atoms with van der Waals surface area (Å²) in [5, 5.41) is 3.68. The minimum atomic E-state index is -0.351. The molecule has 0 amide bonds. The molecule has 6 nitrogen and oxygen atoms in total. The second kappa shape index (κ2) is 7.67. The lowest BCUT2D eigenvalue weighted by Gasteiger charge is -2.03. The van der Waals surface area contributed by atoms with E-state index in [2.05, 4.69) is 15.0 Å². The Balaban J connectivity index is 1.32. The quantitative estimate of drug-likeness (QED) is 0.281. The Kier molecular flexibility index (Phi) is 4.94. The fraction of sp³-hybridized carbons (Fsp3) is 0.111. The molecule has 1 aromatic carbocycles. The van der Waals surface area contributed by atoms with Crippen LogP contribution < -0.4 is 0 Å². The van der Waals surface area contributed by atoms with Gasteiger partial charge in [0.2, 0.25) is 5.89 Å². The van der Waals surface area contributed by atoms with Gasteiger partial charge in [0.25, 0.3) is 0 Å². The molecule has 130 valence electrons. The minimum Gasteiger partial charge on any atom is -0.455 e. The predicted octanol–water partition coefficient (Wildman–Crippen LogP) is 4.18. The zero-order valence-corrected chi connectivity index (χ0v) is 15.1. The standard InChI is InChI=1S/C18H13N3O3S2/c22-16(10-26-18-13-6-7-25-17(13)20-11-21-18)23-9-15-19-8-14(24-15)12-4-2-1-3-5-12/h1-8,11H,9-10H2. The molecule has 0 atom stereocenters. The Labute approximate surface area is 157 Å². The summed E-state index contributed by atoms with van der Waals surface area (Å²) in [6, 6.07) is 11.6. The molecule has 4 rings (SSSR count). The fourth-order valence-electron chi connectivity index (χ4n) is 2.31. The number of fused-ring (bicyclic) bond motifs is 1. The lowest BCUT2D eigenvalue weighted by molar-refractivity contribution is -0.142. The molecule has 0 N–H and O–H groups in total. The first kappa shape index (κ1) is 16.7. The average molecular weight is 383 g/mol. The zero-order valence-electron chi connectivity index (χ0n) is 13.5. The number of ether oxygens (including phenoxy) is 1. The number of carbonyl (C=O) groups is 1. The number of carbonyl (C=O) groups excluding carboxylic acids is 1. The lowest BCUT2D eigenvalue weighted by Crippen LogP contribution is -2.07. The van der Waals surface area contributed by atoms with E-state index in [-0.39, 0.29) is 18.3 Å². The molecule has 3 heterocycles. The highest BCUT2D eigenvalue weighted by Crippen LogP contribution is 2.27. The van der Waals surface area contributed by atoms with Gasteiger partial charge in [-0.2, -0.15) is 0 Å². The van der Waals surface area contributed by atoms with Gasteiger partial charge in [0.05, 0.1) is 11.9 Å². The zero-order chi connectivity index (χ0) is 17.8. The van der Waals surface area contributed by atoms with E-state index in [1.807, 2.05) is 41.8 Å². The molecule has 0 radical (unpaired) electrons. The average Bonchev–Trinajstić information content (AvgIpc) is 3.35. The van der Waals surface area contributed by atoms with Crippen molar-refractivity contribution in [1.29, 1.82) is 0 Å². The van der Waals surface area contributed by atoms with E-state index in [1.165, 1.54) is 18.1 Å². The van der Waals surface area contributed by atoms with Crippen LogP contribution in [0.1, 0.15) is 5.89 Å². The van der Waals surface area contributed by atoms with E-state index in [4.69, 9.17) is 9.15 Å². The van der Waals surface area contributed by atoms with Gasteiger partial charge in [-0.05, 0) is 11.4 Å². The first-order valence-corrected chi connectivity index (χ1v) is 9.63. The number of rotatable bonds is 6. The second-order valence-corrected chi connectivity index (χ2v) is 7.11. The summed E-state index contributed by atoms with van der Waals surface area (Å²) < 4.78 is 10.9. The Morgan fingerprint density at radius 2 is 2.04 bits per heavy atom. The number of thioether (sulfide) groups is 1. The van der Waals surface area contributed by atoms with Crippen molar-refractivity contribution in [2.75, 3.05) is 5.75 Å². The maximum absolute atomic E-state index is 12.0. The monoisotopic (exact) mass is 383 g/mol. The second-order valence-electron chi connectivity index (χ2n) is 5.25. The summed E-state index contributed by atoms with van der Waals surface area (Å²) in [6.07, 6.45) is 3.13. The van der Waals surface area contributed by atoms with Gasteiger partial charge in [-0.3, -0.25) is 4.79 Å². The van der Waals surface area contributed by atoms with Gasteiger partial charge < -0.3 is 9.15 Å². The molecule has 3 aromatic heterocycles. The van der Waals surface area contributed by atoms with Crippen molar-refractivity contribution in [2.24, 2.45) is 0 Å². The number of esters is 1. The van der Waals surface area contributed by atoms with Crippen molar-refractivity contribution in [2.45, 2.75) is 11.6 Å². The largest absolute Gasteiger partial charge is 0.455 e. The molecule has 0 aliphatic carbocycles. The van der Waals surface area contributed by atoms with Gasteiger partial charge in [0, 0.05) is 10.9 Å². The molecule has 0 fully saturated rings. The van der Waals surface area contributed by atoms with Crippen molar-refractivity contribution in [1.82, 2.24) is 15.0 Å². The number of oxazole rings is 1.